The summed E-state index contributed by atoms with van der Waals surface area (Å²) in [5, 5.41) is 1.28. The highest BCUT2D eigenvalue weighted by Crippen LogP contribution is 2.29. The Balaban J connectivity index is 8.52. The molecule has 0 fully saturated rings. The molecule has 7 amide bonds. The summed E-state index contributed by atoms with van der Waals surface area (Å²) < 4.78 is 94.2. The van der Waals surface area contributed by atoms with Crippen LogP contribution in [0, 0.1) is 0 Å². The third-order valence-electron chi connectivity index (χ3n) is 4.56. The molecule has 2 unspecified atom stereocenters. The molecule has 0 aromatic heterocycles. The van der Waals surface area contributed by atoms with Crippen molar-refractivity contribution < 1.29 is 53.9 Å². The summed E-state index contributed by atoms with van der Waals surface area (Å²) in [5.74, 6) is -1.07. The van der Waals surface area contributed by atoms with Gasteiger partial charge in [0, 0.05) is 49.3 Å². The van der Waals surface area contributed by atoms with Crippen LogP contribution in [0.1, 0.15) is 20.8 Å². The lowest BCUT2D eigenvalue weighted by Crippen LogP contribution is -2.83. The van der Waals surface area contributed by atoms with Crippen LogP contribution in [0.3, 0.4) is 0 Å². The van der Waals surface area contributed by atoms with Gasteiger partial charge in [0.1, 0.15) is 0 Å². The Morgan fingerprint density at radius 1 is 0.814 bits per heavy atom. The number of ether oxygens (including phenoxy) is 2. The summed E-state index contributed by atoms with van der Waals surface area (Å²) in [6, 6.07) is -8.26. The van der Waals surface area contributed by atoms with Crippen LogP contribution in [0.15, 0.2) is 0 Å². The Morgan fingerprint density at radius 3 is 1.65 bits per heavy atom. The highest BCUT2D eigenvalue weighted by molar-refractivity contribution is 7.94. The van der Waals surface area contributed by atoms with Gasteiger partial charge in [0.05, 0.1) is 6.10 Å². The van der Waals surface area contributed by atoms with Gasteiger partial charge < -0.3 is 26.3 Å². The fraction of sp³-hybridized carbons (Fsp3) is 0.750. The fourth-order valence-electron chi connectivity index (χ4n) is 2.80. The Hall–Kier alpha value is -3.15. The van der Waals surface area contributed by atoms with Crippen LogP contribution in [0.25, 0.3) is 0 Å². The quantitative estimate of drug-likeness (QED) is 0.0557. The predicted octanol–water partition coefficient (Wildman–Crippen LogP) is -5.35. The first-order valence-corrected chi connectivity index (χ1v) is 15.7. The standard InChI is InChI=1S/C16H38N12O12S3/c1-10(2)40-16(39-9,20-11(3)29)28(22-13(18)31)43(37,38)27(23-14(32)19-4)15(21-12(17)30,41(33,34)25(5)6)24-42(35,36)26(7)8/h10,24H,1-9H3,(H,20,29)(H3,17,21,30)(H3,18,22,31)(H2,19,23,32). The SMILES string of the molecule is CNC(=O)NN(C(NC(N)=O)(NS(=O)(=O)N(C)C)S(=O)(=O)N(C)C)S(=O)(=O)N(NC(N)=O)C(NC(C)=O)(OC)OC(C)C. The van der Waals surface area contributed by atoms with Crippen molar-refractivity contribution in [3.05, 3.63) is 0 Å². The second kappa shape index (κ2) is 14.5. The molecule has 10 N–H and O–H groups in total. The van der Waals surface area contributed by atoms with Crippen molar-refractivity contribution in [1.82, 2.24) is 49.0 Å². The molecule has 0 aliphatic carbocycles. The molecule has 0 spiro atoms. The molecule has 0 bridgehead atoms. The first-order valence-electron chi connectivity index (χ1n) is 11.4. The van der Waals surface area contributed by atoms with Gasteiger partial charge in [0.15, 0.2) is 0 Å². The van der Waals surface area contributed by atoms with Gasteiger partial charge in [-0.25, -0.2) is 32.5 Å². The summed E-state index contributed by atoms with van der Waals surface area (Å²) in [5.41, 5.74) is 13.4. The number of carbonyl (C=O) groups excluding carboxylic acids is 4. The predicted molar refractivity (Wildman–Crippen MR) is 146 cm³/mol. The van der Waals surface area contributed by atoms with Crippen LogP contribution in [0.4, 0.5) is 14.4 Å². The lowest BCUT2D eigenvalue weighted by atomic mass is 10.5. The molecule has 0 heterocycles. The van der Waals surface area contributed by atoms with Crippen molar-refractivity contribution in [3.8, 4) is 0 Å². The van der Waals surface area contributed by atoms with Gasteiger partial charge in [-0.05, 0) is 22.7 Å². The molecule has 24 nitrogen and oxygen atoms in total. The van der Waals surface area contributed by atoms with Gasteiger partial charge in [-0.3, -0.25) is 20.9 Å². The number of hydrogen-bond donors (Lipinski definition) is 8. The van der Waals surface area contributed by atoms with Crippen molar-refractivity contribution in [2.45, 2.75) is 38.0 Å². The summed E-state index contributed by atoms with van der Waals surface area (Å²) in [6.45, 7) is 3.48. The van der Waals surface area contributed by atoms with E-state index in [1.807, 2.05) is 10.6 Å². The number of carbonyl (C=O) groups is 4. The minimum Gasteiger partial charge on any atom is -0.352 e. The maximum atomic E-state index is 14.4. The minimum atomic E-state index is -6.15. The monoisotopic (exact) mass is 686 g/mol. The number of nitrogens with zero attached hydrogens (tertiary/aromatic N) is 4. The largest absolute Gasteiger partial charge is 0.352 e. The molecule has 0 saturated heterocycles. The summed E-state index contributed by atoms with van der Waals surface area (Å²) >= 11 is 0. The number of nitrogens with two attached hydrogens (primary N) is 2. The van der Waals surface area contributed by atoms with E-state index in [0.717, 1.165) is 49.3 Å². The molecule has 252 valence electrons. The van der Waals surface area contributed by atoms with E-state index in [0.29, 0.717) is 4.31 Å². The van der Waals surface area contributed by atoms with Crippen molar-refractivity contribution in [2.75, 3.05) is 42.3 Å². The second-order valence-corrected chi connectivity index (χ2v) is 14.4. The molecule has 0 aliphatic heterocycles. The molecule has 2 atom stereocenters. The normalized spacial score (nSPS) is 15.6. The van der Waals surface area contributed by atoms with Crippen LogP contribution < -0.4 is 43.0 Å². The lowest BCUT2D eigenvalue weighted by Gasteiger charge is -2.46. The second-order valence-electron chi connectivity index (χ2n) is 8.65. The summed E-state index contributed by atoms with van der Waals surface area (Å²) in [6.07, 6.45) is -1.06. The van der Waals surface area contributed by atoms with Gasteiger partial charge in [-0.2, -0.15) is 21.1 Å². The maximum Gasteiger partial charge on any atom is 0.352 e. The average molecular weight is 687 g/mol. The lowest BCUT2D eigenvalue weighted by molar-refractivity contribution is -0.318. The fourth-order valence-corrected chi connectivity index (χ4v) is 7.30. The number of primary amides is 2. The highest BCUT2D eigenvalue weighted by Gasteiger charge is 2.64. The minimum absolute atomic E-state index is 0.239. The molecule has 0 rings (SSSR count). The molecule has 43 heavy (non-hydrogen) atoms. The van der Waals surface area contributed by atoms with Gasteiger partial charge in [-0.1, -0.05) is 0 Å². The number of amides is 7. The zero-order chi connectivity index (χ0) is 34.4. The molecule has 0 saturated carbocycles. The number of rotatable bonds is 16. The van der Waals surface area contributed by atoms with E-state index < -0.39 is 80.5 Å². The zero-order valence-electron chi connectivity index (χ0n) is 24.6. The molecular weight excluding hydrogens is 648 g/mol. The van der Waals surface area contributed by atoms with Gasteiger partial charge >= 0.3 is 39.5 Å². The Bertz CT molecular complexity index is 1370. The van der Waals surface area contributed by atoms with E-state index in [-0.39, 0.29) is 4.31 Å². The summed E-state index contributed by atoms with van der Waals surface area (Å²) in [4.78, 5) is 49.1. The Morgan fingerprint density at radius 2 is 1.33 bits per heavy atom. The third kappa shape index (κ3) is 9.17. The number of nitrogens with one attached hydrogen (secondary N) is 6. The molecule has 0 aromatic carbocycles. The van der Waals surface area contributed by atoms with Gasteiger partial charge in [0.25, 0.3) is 20.2 Å². The first-order chi connectivity index (χ1) is 19.3. The Labute approximate surface area is 249 Å². The number of methoxy groups -OCH3 is 1. The molecule has 0 aliphatic rings. The van der Waals surface area contributed by atoms with Crippen molar-refractivity contribution in [1.29, 1.82) is 0 Å². The van der Waals surface area contributed by atoms with Gasteiger partial charge in [0.2, 0.25) is 5.91 Å². The topological polar surface area (TPSA) is 326 Å². The zero-order valence-corrected chi connectivity index (χ0v) is 27.1. The number of urea groups is 3. The van der Waals surface area contributed by atoms with Crippen LogP contribution in [-0.4, -0.2) is 126 Å². The van der Waals surface area contributed by atoms with E-state index >= 15 is 0 Å². The number of hydrazine groups is 2. The van der Waals surface area contributed by atoms with E-state index in [4.69, 9.17) is 20.9 Å². The third-order valence-corrected chi connectivity index (χ3v) is 10.0. The smallest absolute Gasteiger partial charge is 0.352 e. The molecular formula is C16H38N12O12S3. The molecule has 27 heteroatoms. The van der Waals surface area contributed by atoms with E-state index in [9.17, 15) is 44.4 Å². The van der Waals surface area contributed by atoms with Crippen LogP contribution in [0.2, 0.25) is 0 Å². The van der Waals surface area contributed by atoms with E-state index in [1.54, 1.807) is 10.9 Å². The van der Waals surface area contributed by atoms with Crippen LogP contribution >= 0.6 is 0 Å². The van der Waals surface area contributed by atoms with E-state index in [1.165, 1.54) is 23.9 Å². The first kappa shape index (κ1) is 39.8. The molecule has 0 aromatic rings. The van der Waals surface area contributed by atoms with Gasteiger partial charge in [-0.15, -0.1) is 4.72 Å². The maximum absolute atomic E-state index is 14.4. The van der Waals surface area contributed by atoms with Crippen molar-refractivity contribution in [2.24, 2.45) is 11.5 Å². The Kier molecular flexibility index (Phi) is 13.5. The summed E-state index contributed by atoms with van der Waals surface area (Å²) in [7, 11) is -11.8. The average Bonchev–Trinajstić information content (AvgIpc) is 2.82. The van der Waals surface area contributed by atoms with E-state index in [2.05, 4.69) is 0 Å². The number of hydrogen-bond acceptors (Lipinski definition) is 12. The van der Waals surface area contributed by atoms with Crippen molar-refractivity contribution in [3.63, 3.8) is 0 Å². The highest BCUT2D eigenvalue weighted by atomic mass is 32.2. The van der Waals surface area contributed by atoms with Crippen LogP contribution in [0.5, 0.6) is 0 Å². The molecule has 0 radical (unpaired) electrons. The van der Waals surface area contributed by atoms with Crippen molar-refractivity contribution >= 4 is 54.4 Å². The van der Waals surface area contributed by atoms with Crippen LogP contribution in [-0.2, 0) is 44.7 Å². The number of sulfonamides is 1.